The van der Waals surface area contributed by atoms with Crippen molar-refractivity contribution >= 4 is 11.5 Å². The van der Waals surface area contributed by atoms with E-state index in [1.807, 2.05) is 30.3 Å². The van der Waals surface area contributed by atoms with Gasteiger partial charge in [0.15, 0.2) is 0 Å². The maximum atomic E-state index is 11.9. The highest BCUT2D eigenvalue weighted by molar-refractivity contribution is 5.99. The number of nitrogens with two attached hydrogens (primary N) is 1. The molecule has 0 saturated heterocycles. The molecule has 4 nitrogen and oxygen atoms in total. The number of carbonyl (C=O) groups is 1. The number of allylic oxidation sites excluding steroid dienone is 2. The van der Waals surface area contributed by atoms with Gasteiger partial charge in [0.25, 0.3) is 0 Å². The van der Waals surface area contributed by atoms with E-state index in [1.165, 1.54) is 5.57 Å². The Hall–Kier alpha value is -2.62. The molecule has 0 atom stereocenters. The van der Waals surface area contributed by atoms with Gasteiger partial charge in [0.2, 0.25) is 11.8 Å². The van der Waals surface area contributed by atoms with Crippen LogP contribution in [-0.4, -0.2) is 18.0 Å². The molecule has 0 aliphatic heterocycles. The Kier molecular flexibility index (Phi) is 4.62. The molecule has 3 rings (SSSR count). The van der Waals surface area contributed by atoms with Gasteiger partial charge in [-0.05, 0) is 59.6 Å². The maximum Gasteiger partial charge on any atom is 0.249 e. The molecule has 2 N–H and O–H groups in total. The summed E-state index contributed by atoms with van der Waals surface area (Å²) in [4.78, 5) is 16.2. The van der Waals surface area contributed by atoms with Crippen LogP contribution in [0.25, 0.3) is 16.7 Å². The Labute approximate surface area is 148 Å². The van der Waals surface area contributed by atoms with Crippen LogP contribution in [-0.2, 0) is 0 Å². The van der Waals surface area contributed by atoms with Crippen LogP contribution in [0.15, 0.2) is 42.6 Å². The highest BCUT2D eigenvalue weighted by Gasteiger charge is 2.24. The van der Waals surface area contributed by atoms with Gasteiger partial charge in [-0.2, -0.15) is 0 Å². The summed E-state index contributed by atoms with van der Waals surface area (Å²) in [5.74, 6) is 0.190. The van der Waals surface area contributed by atoms with Gasteiger partial charge in [0.1, 0.15) is 0 Å². The third-order valence-electron chi connectivity index (χ3n) is 4.88. The van der Waals surface area contributed by atoms with Gasteiger partial charge in [0.05, 0.1) is 7.11 Å². The van der Waals surface area contributed by atoms with Crippen molar-refractivity contribution in [2.45, 2.75) is 33.1 Å². The summed E-state index contributed by atoms with van der Waals surface area (Å²) >= 11 is 0. The molecule has 0 fully saturated rings. The van der Waals surface area contributed by atoms with E-state index in [9.17, 15) is 4.79 Å². The van der Waals surface area contributed by atoms with Crippen LogP contribution < -0.4 is 10.5 Å². The molecule has 1 aliphatic carbocycles. The Morgan fingerprint density at radius 2 is 1.96 bits per heavy atom. The first kappa shape index (κ1) is 17.2. The second kappa shape index (κ2) is 6.71. The van der Waals surface area contributed by atoms with Crippen LogP contribution in [0.1, 0.15) is 49.0 Å². The van der Waals surface area contributed by atoms with Crippen molar-refractivity contribution < 1.29 is 9.53 Å². The second-order valence-corrected chi connectivity index (χ2v) is 7.31. The third kappa shape index (κ3) is 3.73. The molecule has 0 spiro atoms. The number of hydrogen-bond donors (Lipinski definition) is 1. The average Bonchev–Trinajstić information content (AvgIpc) is 2.61. The summed E-state index contributed by atoms with van der Waals surface area (Å²) in [7, 11) is 1.60. The van der Waals surface area contributed by atoms with Gasteiger partial charge in [-0.3, -0.25) is 4.79 Å². The average molecular weight is 336 g/mol. The predicted octanol–water partition coefficient (Wildman–Crippen LogP) is 4.45. The molecule has 1 heterocycles. The van der Waals surface area contributed by atoms with Gasteiger partial charge in [-0.15, -0.1) is 0 Å². The number of rotatable bonds is 4. The first-order chi connectivity index (χ1) is 11.9. The first-order valence-electron chi connectivity index (χ1n) is 8.53. The molecule has 1 aromatic carbocycles. The van der Waals surface area contributed by atoms with Crippen molar-refractivity contribution in [1.29, 1.82) is 0 Å². The van der Waals surface area contributed by atoms with Gasteiger partial charge < -0.3 is 10.5 Å². The molecular formula is C21H24N2O2. The number of carbonyl (C=O) groups excluding carboxylic acids is 1. The smallest absolute Gasteiger partial charge is 0.249 e. The fourth-order valence-electron chi connectivity index (χ4n) is 3.20. The summed E-state index contributed by atoms with van der Waals surface area (Å²) in [5.41, 5.74) is 10.6. The van der Waals surface area contributed by atoms with E-state index in [-0.39, 0.29) is 5.91 Å². The minimum Gasteiger partial charge on any atom is -0.481 e. The Bertz CT molecular complexity index is 820. The van der Waals surface area contributed by atoms with Crippen LogP contribution in [0.4, 0.5) is 0 Å². The molecule has 0 radical (unpaired) electrons. The van der Waals surface area contributed by atoms with E-state index in [4.69, 9.17) is 10.5 Å². The summed E-state index contributed by atoms with van der Waals surface area (Å²) in [5, 5.41) is 0. The molecule has 1 aliphatic rings. The van der Waals surface area contributed by atoms with E-state index in [0.29, 0.717) is 16.9 Å². The lowest BCUT2D eigenvalue weighted by molar-refractivity contribution is 0.1000. The molecule has 0 bridgehead atoms. The van der Waals surface area contributed by atoms with Crippen LogP contribution in [0.2, 0.25) is 0 Å². The largest absolute Gasteiger partial charge is 0.481 e. The number of benzene rings is 1. The molecule has 0 unspecified atom stereocenters. The number of nitrogens with zero attached hydrogens (tertiary/aromatic N) is 1. The zero-order valence-electron chi connectivity index (χ0n) is 15.0. The molecular weight excluding hydrogens is 312 g/mol. The monoisotopic (exact) mass is 336 g/mol. The molecule has 0 saturated carbocycles. The number of aromatic nitrogens is 1. The van der Waals surface area contributed by atoms with Crippen LogP contribution in [0, 0.1) is 5.41 Å². The van der Waals surface area contributed by atoms with E-state index in [2.05, 4.69) is 24.9 Å². The summed E-state index contributed by atoms with van der Waals surface area (Å²) < 4.78 is 5.11. The molecule has 130 valence electrons. The van der Waals surface area contributed by atoms with Gasteiger partial charge in [-0.1, -0.05) is 26.0 Å². The molecule has 25 heavy (non-hydrogen) atoms. The van der Waals surface area contributed by atoms with Crippen molar-refractivity contribution in [3.05, 3.63) is 53.7 Å². The standard InChI is InChI=1S/C21H24N2O2/c1-21(2)10-8-14(9-11-21)18-12-15(4-6-17(18)20(22)24)16-5-7-19(25-3)23-13-16/h4-8,12-13H,9-11H2,1-3H3,(H2,22,24). The molecule has 2 aromatic rings. The SMILES string of the molecule is COc1ccc(-c2ccc(C(N)=O)c(C3=CCC(C)(C)CC3)c2)cn1. The molecule has 1 aromatic heterocycles. The number of hydrogen-bond acceptors (Lipinski definition) is 3. The summed E-state index contributed by atoms with van der Waals surface area (Å²) in [6.07, 6.45) is 7.10. The number of primary amides is 1. The van der Waals surface area contributed by atoms with E-state index >= 15 is 0 Å². The molecule has 1 amide bonds. The Morgan fingerprint density at radius 3 is 2.52 bits per heavy atom. The lowest BCUT2D eigenvalue weighted by Gasteiger charge is -2.29. The number of methoxy groups -OCH3 is 1. The fourth-order valence-corrected chi connectivity index (χ4v) is 3.20. The quantitative estimate of drug-likeness (QED) is 0.897. The normalized spacial score (nSPS) is 16.2. The number of pyridine rings is 1. The highest BCUT2D eigenvalue weighted by Crippen LogP contribution is 2.39. The zero-order valence-corrected chi connectivity index (χ0v) is 15.0. The maximum absolute atomic E-state index is 11.9. The summed E-state index contributed by atoms with van der Waals surface area (Å²) in [6.45, 7) is 4.55. The zero-order chi connectivity index (χ0) is 18.0. The highest BCUT2D eigenvalue weighted by atomic mass is 16.5. The van der Waals surface area contributed by atoms with Crippen molar-refractivity contribution in [2.24, 2.45) is 11.1 Å². The van der Waals surface area contributed by atoms with Crippen LogP contribution >= 0.6 is 0 Å². The van der Waals surface area contributed by atoms with E-state index in [0.717, 1.165) is 36.0 Å². The minimum atomic E-state index is -0.389. The topological polar surface area (TPSA) is 65.2 Å². The van der Waals surface area contributed by atoms with E-state index < -0.39 is 0 Å². The lowest BCUT2D eigenvalue weighted by atomic mass is 9.76. The van der Waals surface area contributed by atoms with Gasteiger partial charge in [-0.25, -0.2) is 4.98 Å². The van der Waals surface area contributed by atoms with Gasteiger partial charge >= 0.3 is 0 Å². The second-order valence-electron chi connectivity index (χ2n) is 7.31. The van der Waals surface area contributed by atoms with Crippen LogP contribution in [0.3, 0.4) is 0 Å². The minimum absolute atomic E-state index is 0.313. The Balaban J connectivity index is 2.03. The first-order valence-corrected chi connectivity index (χ1v) is 8.53. The van der Waals surface area contributed by atoms with Crippen molar-refractivity contribution in [1.82, 2.24) is 4.98 Å². The number of amides is 1. The Morgan fingerprint density at radius 1 is 1.20 bits per heavy atom. The third-order valence-corrected chi connectivity index (χ3v) is 4.88. The van der Waals surface area contributed by atoms with Gasteiger partial charge in [0, 0.05) is 23.4 Å². The fraction of sp³-hybridized carbons (Fsp3) is 0.333. The van der Waals surface area contributed by atoms with E-state index in [1.54, 1.807) is 13.3 Å². The van der Waals surface area contributed by atoms with Crippen molar-refractivity contribution in [3.8, 4) is 17.0 Å². The van der Waals surface area contributed by atoms with Crippen molar-refractivity contribution in [2.75, 3.05) is 7.11 Å². The summed E-state index contributed by atoms with van der Waals surface area (Å²) in [6, 6.07) is 9.58. The molecule has 4 heteroatoms. The predicted molar refractivity (Wildman–Crippen MR) is 100 cm³/mol. The number of ether oxygens (including phenoxy) is 1. The van der Waals surface area contributed by atoms with Crippen molar-refractivity contribution in [3.63, 3.8) is 0 Å². The van der Waals surface area contributed by atoms with Crippen LogP contribution in [0.5, 0.6) is 5.88 Å². The lowest BCUT2D eigenvalue weighted by Crippen LogP contribution is -2.17.